The predicted octanol–water partition coefficient (Wildman–Crippen LogP) is 1.42. The second-order valence-electron chi connectivity index (χ2n) is 7.62. The second kappa shape index (κ2) is 8.61. The van der Waals surface area contributed by atoms with Gasteiger partial charge in [0.25, 0.3) is 5.91 Å². The largest absolute Gasteiger partial charge is 0.472 e. The maximum absolute atomic E-state index is 13.1. The fraction of sp³-hybridized carbons (Fsp3) is 0.429. The summed E-state index contributed by atoms with van der Waals surface area (Å²) in [4.78, 5) is 26.2. The second-order valence-corrected chi connectivity index (χ2v) is 9.56. The number of fused-ring (bicyclic) bond motifs is 1. The third-order valence-corrected chi connectivity index (χ3v) is 7.63. The Labute approximate surface area is 175 Å². The molecular weight excluding hydrogens is 406 g/mol. The molecule has 1 saturated heterocycles. The van der Waals surface area contributed by atoms with Crippen LogP contribution in [0, 0.1) is 0 Å². The van der Waals surface area contributed by atoms with Gasteiger partial charge >= 0.3 is 0 Å². The number of carbonyl (C=O) groups is 2. The van der Waals surface area contributed by atoms with Crippen molar-refractivity contribution < 1.29 is 22.4 Å². The molecule has 0 atom stereocenters. The first-order valence-corrected chi connectivity index (χ1v) is 11.6. The number of benzene rings is 1. The number of aryl methyl sites for hydroxylation is 2. The van der Waals surface area contributed by atoms with E-state index in [1.165, 1.54) is 28.5 Å². The third-order valence-electron chi connectivity index (χ3n) is 5.73. The zero-order valence-corrected chi connectivity index (χ0v) is 17.5. The van der Waals surface area contributed by atoms with Crippen molar-refractivity contribution >= 4 is 21.8 Å². The van der Waals surface area contributed by atoms with Crippen molar-refractivity contribution in [2.24, 2.45) is 0 Å². The van der Waals surface area contributed by atoms with Crippen LogP contribution in [0.25, 0.3) is 0 Å². The minimum absolute atomic E-state index is 0.137. The number of sulfonamides is 1. The van der Waals surface area contributed by atoms with Crippen molar-refractivity contribution in [1.29, 1.82) is 0 Å². The van der Waals surface area contributed by atoms with Gasteiger partial charge in [-0.15, -0.1) is 0 Å². The molecule has 1 aromatic heterocycles. The first-order valence-electron chi connectivity index (χ1n) is 10.2. The summed E-state index contributed by atoms with van der Waals surface area (Å²) in [5.41, 5.74) is 2.72. The van der Waals surface area contributed by atoms with Crippen LogP contribution in [0.15, 0.2) is 46.1 Å². The van der Waals surface area contributed by atoms with E-state index >= 15 is 0 Å². The van der Waals surface area contributed by atoms with Gasteiger partial charge in [-0.05, 0) is 55.0 Å². The molecular formula is C21H25N3O5S. The van der Waals surface area contributed by atoms with Crippen LogP contribution in [-0.2, 0) is 27.7 Å². The summed E-state index contributed by atoms with van der Waals surface area (Å²) in [5.74, 6) is -0.622. The lowest BCUT2D eigenvalue weighted by atomic mass is 9.92. The molecule has 2 heterocycles. The number of nitrogens with one attached hydrogen (secondary N) is 1. The summed E-state index contributed by atoms with van der Waals surface area (Å²) >= 11 is 0. The standard InChI is InChI=1S/C21H25N3O5S/c25-20(14-22-21(26)18-7-12-29-15-18)23-8-10-24(11-9-23)30(27,28)19-6-5-16-3-1-2-4-17(16)13-19/h5-7,12-13,15H,1-4,8-11,14H2,(H,22,26). The predicted molar refractivity (Wildman–Crippen MR) is 109 cm³/mol. The molecule has 4 rings (SSSR count). The lowest BCUT2D eigenvalue weighted by molar-refractivity contribution is -0.131. The van der Waals surface area contributed by atoms with Crippen LogP contribution in [0.2, 0.25) is 0 Å². The Hall–Kier alpha value is -2.65. The van der Waals surface area contributed by atoms with Gasteiger partial charge in [0.1, 0.15) is 6.26 Å². The summed E-state index contributed by atoms with van der Waals surface area (Å²) in [6.07, 6.45) is 6.87. The average Bonchev–Trinajstić information content (AvgIpc) is 3.32. The third kappa shape index (κ3) is 4.27. The van der Waals surface area contributed by atoms with Crippen molar-refractivity contribution in [3.63, 3.8) is 0 Å². The molecule has 2 aromatic rings. The zero-order valence-electron chi connectivity index (χ0n) is 16.7. The van der Waals surface area contributed by atoms with Crippen LogP contribution in [-0.4, -0.2) is 62.2 Å². The van der Waals surface area contributed by atoms with Gasteiger partial charge in [0.2, 0.25) is 15.9 Å². The highest BCUT2D eigenvalue weighted by atomic mass is 32.2. The maximum atomic E-state index is 13.1. The topological polar surface area (TPSA) is 99.9 Å². The molecule has 160 valence electrons. The van der Waals surface area contributed by atoms with E-state index < -0.39 is 10.0 Å². The summed E-state index contributed by atoms with van der Waals surface area (Å²) in [6, 6.07) is 6.96. The highest BCUT2D eigenvalue weighted by molar-refractivity contribution is 7.89. The molecule has 9 heteroatoms. The fourth-order valence-corrected chi connectivity index (χ4v) is 5.43. The molecule has 1 aliphatic heterocycles. The Morgan fingerprint density at radius 3 is 2.43 bits per heavy atom. The minimum Gasteiger partial charge on any atom is -0.472 e. The SMILES string of the molecule is O=C(NCC(=O)N1CCN(S(=O)(=O)c2ccc3c(c2)CCCC3)CC1)c1ccoc1. The molecule has 0 unspecified atom stereocenters. The van der Waals surface area contributed by atoms with Crippen molar-refractivity contribution in [2.75, 3.05) is 32.7 Å². The number of furan rings is 1. The summed E-state index contributed by atoms with van der Waals surface area (Å²) in [6.45, 7) is 0.929. The quantitative estimate of drug-likeness (QED) is 0.772. The molecule has 2 amide bonds. The summed E-state index contributed by atoms with van der Waals surface area (Å²) in [7, 11) is -3.58. The molecule has 0 spiro atoms. The molecule has 2 aliphatic rings. The van der Waals surface area contributed by atoms with Gasteiger partial charge in [-0.25, -0.2) is 8.42 Å². The van der Waals surface area contributed by atoms with Gasteiger partial charge in [-0.2, -0.15) is 4.31 Å². The van der Waals surface area contributed by atoms with Gasteiger partial charge < -0.3 is 14.6 Å². The lowest BCUT2D eigenvalue weighted by Gasteiger charge is -2.34. The number of hydrogen-bond donors (Lipinski definition) is 1. The summed E-state index contributed by atoms with van der Waals surface area (Å²) in [5, 5.41) is 2.56. The van der Waals surface area contributed by atoms with Gasteiger partial charge in [-0.1, -0.05) is 6.07 Å². The van der Waals surface area contributed by atoms with Gasteiger partial charge in [0.05, 0.1) is 23.3 Å². The Bertz CT molecular complexity index is 1020. The van der Waals surface area contributed by atoms with Crippen LogP contribution in [0.3, 0.4) is 0 Å². The highest BCUT2D eigenvalue weighted by Crippen LogP contribution is 2.26. The molecule has 1 aliphatic carbocycles. The van der Waals surface area contributed by atoms with Gasteiger partial charge in [-0.3, -0.25) is 9.59 Å². The number of carbonyl (C=O) groups excluding carboxylic acids is 2. The van der Waals surface area contributed by atoms with Gasteiger partial charge in [0.15, 0.2) is 0 Å². The van der Waals surface area contributed by atoms with Crippen molar-refractivity contribution in [1.82, 2.24) is 14.5 Å². The number of piperazine rings is 1. The molecule has 0 radical (unpaired) electrons. The molecule has 0 bridgehead atoms. The van der Waals surface area contributed by atoms with Crippen molar-refractivity contribution in [2.45, 2.75) is 30.6 Å². The van der Waals surface area contributed by atoms with Crippen LogP contribution >= 0.6 is 0 Å². The first-order chi connectivity index (χ1) is 14.4. The van der Waals surface area contributed by atoms with Crippen LogP contribution in [0.1, 0.15) is 34.3 Å². The van der Waals surface area contributed by atoms with Crippen LogP contribution < -0.4 is 5.32 Å². The molecule has 1 aromatic carbocycles. The van der Waals surface area contributed by atoms with E-state index in [4.69, 9.17) is 4.42 Å². The van der Waals surface area contributed by atoms with Crippen LogP contribution in [0.4, 0.5) is 0 Å². The summed E-state index contributed by atoms with van der Waals surface area (Å²) < 4.78 is 32.4. The zero-order chi connectivity index (χ0) is 21.1. The Morgan fingerprint density at radius 1 is 1.00 bits per heavy atom. The lowest BCUT2D eigenvalue weighted by Crippen LogP contribution is -2.52. The van der Waals surface area contributed by atoms with E-state index in [0.29, 0.717) is 23.5 Å². The first kappa shape index (κ1) is 20.6. The fourth-order valence-electron chi connectivity index (χ4n) is 3.96. The highest BCUT2D eigenvalue weighted by Gasteiger charge is 2.30. The van der Waals surface area contributed by atoms with E-state index in [0.717, 1.165) is 31.2 Å². The number of hydrogen-bond acceptors (Lipinski definition) is 5. The Kier molecular flexibility index (Phi) is 5.92. The number of amides is 2. The van der Waals surface area contributed by atoms with Crippen molar-refractivity contribution in [3.8, 4) is 0 Å². The van der Waals surface area contributed by atoms with E-state index in [2.05, 4.69) is 5.32 Å². The number of nitrogens with zero attached hydrogens (tertiary/aromatic N) is 2. The molecule has 1 fully saturated rings. The molecule has 30 heavy (non-hydrogen) atoms. The molecule has 1 N–H and O–H groups in total. The smallest absolute Gasteiger partial charge is 0.254 e. The van der Waals surface area contributed by atoms with E-state index in [1.807, 2.05) is 12.1 Å². The average molecular weight is 432 g/mol. The van der Waals surface area contributed by atoms with Crippen LogP contribution in [0.5, 0.6) is 0 Å². The Morgan fingerprint density at radius 2 is 1.73 bits per heavy atom. The van der Waals surface area contributed by atoms with E-state index in [-0.39, 0.29) is 31.4 Å². The maximum Gasteiger partial charge on any atom is 0.254 e. The molecule has 8 nitrogen and oxygen atoms in total. The molecule has 0 saturated carbocycles. The van der Waals surface area contributed by atoms with Crippen molar-refractivity contribution in [3.05, 3.63) is 53.5 Å². The normalized spacial score (nSPS) is 17.4. The van der Waals surface area contributed by atoms with E-state index in [9.17, 15) is 18.0 Å². The number of rotatable bonds is 5. The van der Waals surface area contributed by atoms with Gasteiger partial charge in [0, 0.05) is 26.2 Å². The van der Waals surface area contributed by atoms with E-state index in [1.54, 1.807) is 11.0 Å². The monoisotopic (exact) mass is 431 g/mol. The Balaban J connectivity index is 1.33. The minimum atomic E-state index is -3.58.